The molecule has 0 aliphatic carbocycles. The standard InChI is InChI=1S/C15H19BrN2O/c1-10(12-7-5-11(9-17)6-8-12)18-14(19)13(16)15(2,3)4/h5-8,10,13H,1-4H3,(H,18,19). The van der Waals surface area contributed by atoms with Crippen LogP contribution in [0.1, 0.15) is 44.9 Å². The fraction of sp³-hybridized carbons (Fsp3) is 0.467. The predicted molar refractivity (Wildman–Crippen MR) is 79.9 cm³/mol. The summed E-state index contributed by atoms with van der Waals surface area (Å²) in [6, 6.07) is 9.24. The number of carbonyl (C=O) groups excluding carboxylic acids is 1. The first kappa shape index (κ1) is 15.7. The number of nitrogens with one attached hydrogen (secondary N) is 1. The minimum absolute atomic E-state index is 0.0237. The van der Waals surface area contributed by atoms with E-state index in [1.165, 1.54) is 0 Å². The number of alkyl halides is 1. The van der Waals surface area contributed by atoms with Crippen LogP contribution in [-0.4, -0.2) is 10.7 Å². The summed E-state index contributed by atoms with van der Waals surface area (Å²) < 4.78 is 0. The van der Waals surface area contributed by atoms with Crippen LogP contribution in [0, 0.1) is 16.7 Å². The van der Waals surface area contributed by atoms with Gasteiger partial charge in [-0.05, 0) is 30.0 Å². The average Bonchev–Trinajstić information content (AvgIpc) is 2.36. The Labute approximate surface area is 123 Å². The van der Waals surface area contributed by atoms with Gasteiger partial charge in [-0.3, -0.25) is 4.79 Å². The Morgan fingerprint density at radius 1 is 1.32 bits per heavy atom. The van der Waals surface area contributed by atoms with Crippen molar-refractivity contribution in [3.63, 3.8) is 0 Å². The van der Waals surface area contributed by atoms with Crippen molar-refractivity contribution in [3.8, 4) is 6.07 Å². The lowest BCUT2D eigenvalue weighted by atomic mass is 9.91. The number of amides is 1. The molecule has 1 amide bonds. The van der Waals surface area contributed by atoms with Crippen LogP contribution in [-0.2, 0) is 4.79 Å². The number of nitrogens with zero attached hydrogens (tertiary/aromatic N) is 1. The Kier molecular flexibility index (Phi) is 5.13. The van der Waals surface area contributed by atoms with E-state index in [0.29, 0.717) is 5.56 Å². The molecule has 0 spiro atoms. The molecule has 3 nitrogen and oxygen atoms in total. The zero-order valence-electron chi connectivity index (χ0n) is 11.7. The molecule has 19 heavy (non-hydrogen) atoms. The third kappa shape index (κ3) is 4.36. The predicted octanol–water partition coefficient (Wildman–Crippen LogP) is 3.55. The Morgan fingerprint density at radius 3 is 2.26 bits per heavy atom. The Hall–Kier alpha value is -1.34. The molecule has 2 atom stereocenters. The number of nitriles is 1. The molecule has 0 aromatic heterocycles. The molecule has 0 saturated carbocycles. The molecule has 102 valence electrons. The van der Waals surface area contributed by atoms with Crippen molar-refractivity contribution in [2.75, 3.05) is 0 Å². The molecule has 4 heteroatoms. The third-order valence-electron chi connectivity index (χ3n) is 2.89. The summed E-state index contributed by atoms with van der Waals surface area (Å²) in [7, 11) is 0. The van der Waals surface area contributed by atoms with Gasteiger partial charge >= 0.3 is 0 Å². The molecule has 0 fully saturated rings. The molecule has 0 bridgehead atoms. The van der Waals surface area contributed by atoms with Gasteiger partial charge in [-0.1, -0.05) is 48.8 Å². The first-order valence-electron chi connectivity index (χ1n) is 6.20. The monoisotopic (exact) mass is 322 g/mol. The largest absolute Gasteiger partial charge is 0.349 e. The summed E-state index contributed by atoms with van der Waals surface area (Å²) in [6.07, 6.45) is 0. The van der Waals surface area contributed by atoms with E-state index in [1.807, 2.05) is 39.8 Å². The van der Waals surface area contributed by atoms with Gasteiger partial charge in [-0.25, -0.2) is 0 Å². The maximum Gasteiger partial charge on any atom is 0.234 e. The van der Waals surface area contributed by atoms with Crippen LogP contribution in [0.5, 0.6) is 0 Å². The molecule has 2 unspecified atom stereocenters. The molecular formula is C15H19BrN2O. The normalized spacial score (nSPS) is 14.3. The minimum atomic E-state index is -0.235. The summed E-state index contributed by atoms with van der Waals surface area (Å²) >= 11 is 3.43. The molecule has 0 aliphatic heterocycles. The SMILES string of the molecule is CC(NC(=O)C(Br)C(C)(C)C)c1ccc(C#N)cc1. The van der Waals surface area contributed by atoms with E-state index in [2.05, 4.69) is 27.3 Å². The third-order valence-corrected chi connectivity index (χ3v) is 4.68. The average molecular weight is 323 g/mol. The van der Waals surface area contributed by atoms with E-state index in [0.717, 1.165) is 5.56 Å². The minimum Gasteiger partial charge on any atom is -0.349 e. The second-order valence-corrected chi connectivity index (χ2v) is 6.61. The van der Waals surface area contributed by atoms with Gasteiger partial charge in [0, 0.05) is 0 Å². The second-order valence-electron chi connectivity index (χ2n) is 5.69. The summed E-state index contributed by atoms with van der Waals surface area (Å²) in [4.78, 5) is 11.9. The maximum atomic E-state index is 12.1. The number of rotatable bonds is 3. The first-order valence-corrected chi connectivity index (χ1v) is 7.12. The van der Waals surface area contributed by atoms with E-state index >= 15 is 0 Å². The van der Waals surface area contributed by atoms with Crippen molar-refractivity contribution >= 4 is 21.8 Å². The molecule has 0 radical (unpaired) electrons. The highest BCUT2D eigenvalue weighted by Crippen LogP contribution is 2.27. The number of hydrogen-bond acceptors (Lipinski definition) is 2. The van der Waals surface area contributed by atoms with Crippen molar-refractivity contribution < 1.29 is 4.79 Å². The lowest BCUT2D eigenvalue weighted by Crippen LogP contribution is -2.39. The summed E-state index contributed by atoms with van der Waals surface area (Å²) in [6.45, 7) is 7.97. The highest BCUT2D eigenvalue weighted by atomic mass is 79.9. The fourth-order valence-corrected chi connectivity index (χ4v) is 1.74. The van der Waals surface area contributed by atoms with Crippen molar-refractivity contribution in [1.29, 1.82) is 5.26 Å². The van der Waals surface area contributed by atoms with Crippen LogP contribution in [0.2, 0.25) is 0 Å². The van der Waals surface area contributed by atoms with Crippen LogP contribution < -0.4 is 5.32 Å². The zero-order chi connectivity index (χ0) is 14.6. The smallest absolute Gasteiger partial charge is 0.234 e. The van der Waals surface area contributed by atoms with E-state index < -0.39 is 0 Å². The van der Waals surface area contributed by atoms with Crippen molar-refractivity contribution in [2.45, 2.75) is 38.6 Å². The van der Waals surface area contributed by atoms with Crippen LogP contribution in [0.15, 0.2) is 24.3 Å². The second kappa shape index (κ2) is 6.21. The Bertz CT molecular complexity index is 482. The highest BCUT2D eigenvalue weighted by Gasteiger charge is 2.29. The highest BCUT2D eigenvalue weighted by molar-refractivity contribution is 9.10. The summed E-state index contributed by atoms with van der Waals surface area (Å²) in [5, 5.41) is 11.7. The van der Waals surface area contributed by atoms with Gasteiger partial charge in [-0.2, -0.15) is 5.26 Å². The van der Waals surface area contributed by atoms with Gasteiger partial charge in [0.2, 0.25) is 5.91 Å². The number of hydrogen-bond donors (Lipinski definition) is 1. The molecule has 0 saturated heterocycles. The van der Waals surface area contributed by atoms with Crippen LogP contribution in [0.4, 0.5) is 0 Å². The maximum absolute atomic E-state index is 12.1. The number of carbonyl (C=O) groups is 1. The van der Waals surface area contributed by atoms with Gasteiger partial charge in [-0.15, -0.1) is 0 Å². The van der Waals surface area contributed by atoms with E-state index in [4.69, 9.17) is 5.26 Å². The van der Waals surface area contributed by atoms with E-state index in [9.17, 15) is 4.79 Å². The lowest BCUT2D eigenvalue weighted by molar-refractivity contribution is -0.122. The Balaban J connectivity index is 2.71. The van der Waals surface area contributed by atoms with Gasteiger partial charge in [0.1, 0.15) is 0 Å². The Morgan fingerprint density at radius 2 is 1.84 bits per heavy atom. The molecule has 1 rings (SSSR count). The van der Waals surface area contributed by atoms with E-state index in [-0.39, 0.29) is 22.2 Å². The van der Waals surface area contributed by atoms with Gasteiger partial charge in [0.25, 0.3) is 0 Å². The number of benzene rings is 1. The van der Waals surface area contributed by atoms with Crippen LogP contribution >= 0.6 is 15.9 Å². The van der Waals surface area contributed by atoms with Gasteiger partial charge in [0.15, 0.2) is 0 Å². The summed E-state index contributed by atoms with van der Waals surface area (Å²) in [5.74, 6) is -0.0237. The van der Waals surface area contributed by atoms with Crippen molar-refractivity contribution in [1.82, 2.24) is 5.32 Å². The van der Waals surface area contributed by atoms with E-state index in [1.54, 1.807) is 12.1 Å². The van der Waals surface area contributed by atoms with Crippen LogP contribution in [0.25, 0.3) is 0 Å². The topological polar surface area (TPSA) is 52.9 Å². The molecule has 1 aromatic carbocycles. The lowest BCUT2D eigenvalue weighted by Gasteiger charge is -2.26. The summed E-state index contributed by atoms with van der Waals surface area (Å²) in [5.41, 5.74) is 1.48. The van der Waals surface area contributed by atoms with Crippen molar-refractivity contribution in [2.24, 2.45) is 5.41 Å². The molecule has 1 aromatic rings. The molecule has 0 aliphatic rings. The van der Waals surface area contributed by atoms with Crippen LogP contribution in [0.3, 0.4) is 0 Å². The zero-order valence-corrected chi connectivity index (χ0v) is 13.3. The molecule has 0 heterocycles. The molecule has 1 N–H and O–H groups in total. The quantitative estimate of drug-likeness (QED) is 0.865. The first-order chi connectivity index (χ1) is 8.75. The van der Waals surface area contributed by atoms with Gasteiger partial charge in [0.05, 0.1) is 22.5 Å². The number of halogens is 1. The van der Waals surface area contributed by atoms with Crippen molar-refractivity contribution in [3.05, 3.63) is 35.4 Å². The fourth-order valence-electron chi connectivity index (χ4n) is 1.61. The van der Waals surface area contributed by atoms with Gasteiger partial charge < -0.3 is 5.32 Å². The molecular weight excluding hydrogens is 304 g/mol.